The van der Waals surface area contributed by atoms with Crippen molar-refractivity contribution < 1.29 is 14.3 Å². The van der Waals surface area contributed by atoms with Crippen molar-refractivity contribution in [2.45, 2.75) is 69.1 Å². The van der Waals surface area contributed by atoms with E-state index in [9.17, 15) is 4.79 Å². The first-order valence-electron chi connectivity index (χ1n) is 8.88. The Balaban J connectivity index is 1.59. The monoisotopic (exact) mass is 310 g/mol. The van der Waals surface area contributed by atoms with E-state index in [-0.39, 0.29) is 23.6 Å². The van der Waals surface area contributed by atoms with Crippen LogP contribution in [0.2, 0.25) is 0 Å². The molecule has 126 valence electrons. The summed E-state index contributed by atoms with van der Waals surface area (Å²) in [5.41, 5.74) is 0.0784. The van der Waals surface area contributed by atoms with Crippen molar-refractivity contribution in [3.8, 4) is 0 Å². The molecule has 3 fully saturated rings. The van der Waals surface area contributed by atoms with Gasteiger partial charge in [-0.2, -0.15) is 0 Å². The predicted octanol–water partition coefficient (Wildman–Crippen LogP) is 1.71. The molecule has 0 aromatic carbocycles. The van der Waals surface area contributed by atoms with Crippen LogP contribution in [0.3, 0.4) is 0 Å². The number of carbonyl (C=O) groups excluding carboxylic acids is 1. The molecule has 0 unspecified atom stereocenters. The second kappa shape index (κ2) is 7.28. The van der Waals surface area contributed by atoms with Crippen molar-refractivity contribution >= 4 is 5.91 Å². The highest BCUT2D eigenvalue weighted by Crippen LogP contribution is 2.38. The maximum atomic E-state index is 12.6. The van der Waals surface area contributed by atoms with Gasteiger partial charge in [-0.05, 0) is 32.1 Å². The number of morpholine rings is 1. The number of ether oxygens (including phenoxy) is 2. The van der Waals surface area contributed by atoms with E-state index in [1.54, 1.807) is 7.11 Å². The molecule has 0 radical (unpaired) electrons. The Kier molecular flexibility index (Phi) is 5.37. The Morgan fingerprint density at radius 3 is 2.64 bits per heavy atom. The van der Waals surface area contributed by atoms with E-state index in [1.807, 2.05) is 0 Å². The van der Waals surface area contributed by atoms with Crippen molar-refractivity contribution in [2.24, 2.45) is 0 Å². The Labute approximate surface area is 133 Å². The van der Waals surface area contributed by atoms with E-state index >= 15 is 0 Å². The molecule has 0 bridgehead atoms. The van der Waals surface area contributed by atoms with Crippen LogP contribution in [0.15, 0.2) is 0 Å². The highest BCUT2D eigenvalue weighted by molar-refractivity contribution is 5.77. The zero-order chi connectivity index (χ0) is 15.4. The molecular formula is C17H30N2O3. The quantitative estimate of drug-likeness (QED) is 0.840. The van der Waals surface area contributed by atoms with Gasteiger partial charge in [-0.1, -0.05) is 12.8 Å². The minimum atomic E-state index is 0.0784. The predicted molar refractivity (Wildman–Crippen MR) is 84.8 cm³/mol. The van der Waals surface area contributed by atoms with Crippen molar-refractivity contribution in [2.75, 3.05) is 33.4 Å². The standard InChI is InChI=1S/C17H30N2O3/c1-21-15-6-4-5-14(15)18-16(20)13-17(7-2-3-8-17)19-9-11-22-12-10-19/h14-15H,2-13H2,1H3,(H,18,20)/t14-,15-/m1/s1. The largest absolute Gasteiger partial charge is 0.379 e. The van der Waals surface area contributed by atoms with Gasteiger partial charge in [0.25, 0.3) is 0 Å². The average Bonchev–Trinajstić information content (AvgIpc) is 3.18. The lowest BCUT2D eigenvalue weighted by Gasteiger charge is -2.43. The maximum Gasteiger partial charge on any atom is 0.222 e. The summed E-state index contributed by atoms with van der Waals surface area (Å²) in [5.74, 6) is 0.211. The van der Waals surface area contributed by atoms with Crippen LogP contribution >= 0.6 is 0 Å². The van der Waals surface area contributed by atoms with Gasteiger partial charge in [0.15, 0.2) is 0 Å². The first-order chi connectivity index (χ1) is 10.7. The topological polar surface area (TPSA) is 50.8 Å². The number of hydrogen-bond acceptors (Lipinski definition) is 4. The number of methoxy groups -OCH3 is 1. The second-order valence-corrected chi connectivity index (χ2v) is 7.09. The molecular weight excluding hydrogens is 280 g/mol. The van der Waals surface area contributed by atoms with Crippen molar-refractivity contribution in [1.82, 2.24) is 10.2 Å². The highest BCUT2D eigenvalue weighted by Gasteiger charge is 2.42. The van der Waals surface area contributed by atoms with Crippen molar-refractivity contribution in [1.29, 1.82) is 0 Å². The molecule has 0 aromatic heterocycles. The summed E-state index contributed by atoms with van der Waals surface area (Å²) in [6.07, 6.45) is 8.90. The molecule has 0 spiro atoms. The lowest BCUT2D eigenvalue weighted by atomic mass is 9.89. The summed E-state index contributed by atoms with van der Waals surface area (Å²) in [6.45, 7) is 3.55. The minimum Gasteiger partial charge on any atom is -0.379 e. The van der Waals surface area contributed by atoms with E-state index in [0.717, 1.165) is 58.4 Å². The summed E-state index contributed by atoms with van der Waals surface area (Å²) in [6, 6.07) is 0.209. The highest BCUT2D eigenvalue weighted by atomic mass is 16.5. The lowest BCUT2D eigenvalue weighted by molar-refractivity contribution is -0.127. The number of nitrogens with zero attached hydrogens (tertiary/aromatic N) is 1. The second-order valence-electron chi connectivity index (χ2n) is 7.09. The molecule has 2 saturated carbocycles. The Morgan fingerprint density at radius 2 is 1.95 bits per heavy atom. The van der Waals surface area contributed by atoms with Gasteiger partial charge in [0, 0.05) is 32.2 Å². The molecule has 2 aliphatic carbocycles. The Bertz CT molecular complexity index is 376. The van der Waals surface area contributed by atoms with Crippen molar-refractivity contribution in [3.63, 3.8) is 0 Å². The third-order valence-electron chi connectivity index (χ3n) is 5.81. The van der Waals surface area contributed by atoms with Gasteiger partial charge in [0.05, 0.1) is 25.4 Å². The molecule has 1 aliphatic heterocycles. The maximum absolute atomic E-state index is 12.6. The van der Waals surface area contributed by atoms with Gasteiger partial charge in [-0.25, -0.2) is 0 Å². The number of hydrogen-bond donors (Lipinski definition) is 1. The third-order valence-corrected chi connectivity index (χ3v) is 5.81. The van der Waals surface area contributed by atoms with Crippen LogP contribution in [0.4, 0.5) is 0 Å². The first kappa shape index (κ1) is 16.2. The molecule has 1 saturated heterocycles. The normalized spacial score (nSPS) is 32.2. The average molecular weight is 310 g/mol. The Hall–Kier alpha value is -0.650. The summed E-state index contributed by atoms with van der Waals surface area (Å²) in [4.78, 5) is 15.2. The van der Waals surface area contributed by atoms with Crippen LogP contribution in [0, 0.1) is 0 Å². The number of nitrogens with one attached hydrogen (secondary N) is 1. The molecule has 1 heterocycles. The van der Waals surface area contributed by atoms with Crippen LogP contribution in [0.1, 0.15) is 51.4 Å². The van der Waals surface area contributed by atoms with Crippen LogP contribution in [0.5, 0.6) is 0 Å². The molecule has 0 aromatic rings. The summed E-state index contributed by atoms with van der Waals surface area (Å²) >= 11 is 0. The fraction of sp³-hybridized carbons (Fsp3) is 0.941. The number of carbonyl (C=O) groups is 1. The van der Waals surface area contributed by atoms with Gasteiger partial charge in [0.2, 0.25) is 5.91 Å². The minimum absolute atomic E-state index is 0.0784. The number of rotatable bonds is 5. The Morgan fingerprint density at radius 1 is 1.23 bits per heavy atom. The molecule has 2 atom stereocenters. The van der Waals surface area contributed by atoms with E-state index < -0.39 is 0 Å². The van der Waals surface area contributed by atoms with Gasteiger partial charge in [0.1, 0.15) is 0 Å². The van der Waals surface area contributed by atoms with Gasteiger partial charge in [-0.15, -0.1) is 0 Å². The molecule has 22 heavy (non-hydrogen) atoms. The van der Waals surface area contributed by atoms with Gasteiger partial charge < -0.3 is 14.8 Å². The fourth-order valence-electron chi connectivity index (χ4n) is 4.61. The molecule has 5 heteroatoms. The molecule has 3 aliphatic rings. The van der Waals surface area contributed by atoms with E-state index in [0.29, 0.717) is 6.42 Å². The van der Waals surface area contributed by atoms with Crippen LogP contribution < -0.4 is 5.32 Å². The van der Waals surface area contributed by atoms with Crippen LogP contribution in [-0.2, 0) is 14.3 Å². The molecule has 5 nitrogen and oxygen atoms in total. The lowest BCUT2D eigenvalue weighted by Crippen LogP contribution is -2.54. The van der Waals surface area contributed by atoms with Gasteiger partial charge in [-0.3, -0.25) is 9.69 Å². The van der Waals surface area contributed by atoms with E-state index in [1.165, 1.54) is 12.8 Å². The van der Waals surface area contributed by atoms with Crippen LogP contribution in [-0.4, -0.2) is 61.9 Å². The van der Waals surface area contributed by atoms with Crippen molar-refractivity contribution in [3.05, 3.63) is 0 Å². The SMILES string of the molecule is CO[C@@H]1CCC[C@H]1NC(=O)CC1(N2CCOCC2)CCCC1. The fourth-order valence-corrected chi connectivity index (χ4v) is 4.61. The summed E-state index contributed by atoms with van der Waals surface area (Å²) < 4.78 is 11.0. The molecule has 3 rings (SSSR count). The smallest absolute Gasteiger partial charge is 0.222 e. The number of amides is 1. The zero-order valence-electron chi connectivity index (χ0n) is 13.8. The molecule has 1 amide bonds. The summed E-state index contributed by atoms with van der Waals surface area (Å²) in [7, 11) is 1.75. The first-order valence-corrected chi connectivity index (χ1v) is 8.88. The zero-order valence-corrected chi connectivity index (χ0v) is 13.8. The molecule has 1 N–H and O–H groups in total. The van der Waals surface area contributed by atoms with Gasteiger partial charge >= 0.3 is 0 Å². The van der Waals surface area contributed by atoms with E-state index in [4.69, 9.17) is 9.47 Å². The summed E-state index contributed by atoms with van der Waals surface area (Å²) in [5, 5.41) is 3.25. The third kappa shape index (κ3) is 3.47. The van der Waals surface area contributed by atoms with Crippen LogP contribution in [0.25, 0.3) is 0 Å². The van der Waals surface area contributed by atoms with E-state index in [2.05, 4.69) is 10.2 Å².